The predicted octanol–water partition coefficient (Wildman–Crippen LogP) is 3.95. The van der Waals surface area contributed by atoms with E-state index in [-0.39, 0.29) is 23.4 Å². The van der Waals surface area contributed by atoms with Gasteiger partial charge in [0.25, 0.3) is 5.91 Å². The molecule has 4 nitrogen and oxygen atoms in total. The fourth-order valence-electron chi connectivity index (χ4n) is 3.64. The number of amides is 2. The zero-order valence-electron chi connectivity index (χ0n) is 16.5. The van der Waals surface area contributed by atoms with Crippen molar-refractivity contribution in [1.29, 1.82) is 0 Å². The molecule has 0 aromatic heterocycles. The number of piperidine rings is 1. The molecule has 2 aromatic carbocycles. The summed E-state index contributed by atoms with van der Waals surface area (Å²) in [5, 5.41) is 3.07. The molecule has 154 valence electrons. The molecule has 1 N–H and O–H groups in total. The second-order valence-corrected chi connectivity index (χ2v) is 7.62. The number of carbonyl (C=O) groups is 2. The van der Waals surface area contributed by atoms with Crippen LogP contribution in [-0.4, -0.2) is 35.8 Å². The van der Waals surface area contributed by atoms with E-state index in [1.807, 2.05) is 25.1 Å². The van der Waals surface area contributed by atoms with Gasteiger partial charge in [0.2, 0.25) is 5.91 Å². The molecule has 2 amide bonds. The predicted molar refractivity (Wildman–Crippen MR) is 107 cm³/mol. The van der Waals surface area contributed by atoms with E-state index in [0.717, 1.165) is 18.9 Å². The van der Waals surface area contributed by atoms with Crippen molar-refractivity contribution in [2.45, 2.75) is 38.6 Å². The van der Waals surface area contributed by atoms with E-state index in [0.29, 0.717) is 32.0 Å². The molecule has 29 heavy (non-hydrogen) atoms. The lowest BCUT2D eigenvalue weighted by Gasteiger charge is -2.32. The van der Waals surface area contributed by atoms with Crippen molar-refractivity contribution in [3.63, 3.8) is 0 Å². The van der Waals surface area contributed by atoms with Gasteiger partial charge in [-0.05, 0) is 50.3 Å². The van der Waals surface area contributed by atoms with Crippen molar-refractivity contribution < 1.29 is 18.4 Å². The molecular weight excluding hydrogens is 374 g/mol. The SMILES string of the molecule is CC(CCc1ccccc1)NC(=O)C1CCN(C(=O)c2ccc(F)cc2F)CC1. The lowest BCUT2D eigenvalue weighted by atomic mass is 9.94. The van der Waals surface area contributed by atoms with Gasteiger partial charge in [-0.15, -0.1) is 0 Å². The van der Waals surface area contributed by atoms with Gasteiger partial charge in [0, 0.05) is 31.1 Å². The minimum absolute atomic E-state index is 0.00521. The number of carbonyl (C=O) groups excluding carboxylic acids is 2. The molecule has 0 spiro atoms. The highest BCUT2D eigenvalue weighted by Gasteiger charge is 2.29. The van der Waals surface area contributed by atoms with Gasteiger partial charge < -0.3 is 10.2 Å². The number of hydrogen-bond acceptors (Lipinski definition) is 2. The maximum atomic E-state index is 13.8. The summed E-state index contributed by atoms with van der Waals surface area (Å²) in [4.78, 5) is 26.5. The highest BCUT2D eigenvalue weighted by atomic mass is 19.1. The molecule has 0 saturated carbocycles. The third-order valence-corrected chi connectivity index (χ3v) is 5.41. The largest absolute Gasteiger partial charge is 0.353 e. The molecule has 1 saturated heterocycles. The molecule has 3 rings (SSSR count). The molecule has 1 atom stereocenters. The first kappa shape index (κ1) is 21.0. The Morgan fingerprint density at radius 2 is 1.79 bits per heavy atom. The third-order valence-electron chi connectivity index (χ3n) is 5.41. The summed E-state index contributed by atoms with van der Waals surface area (Å²) in [6, 6.07) is 13.2. The second-order valence-electron chi connectivity index (χ2n) is 7.62. The minimum atomic E-state index is -0.859. The van der Waals surface area contributed by atoms with Crippen LogP contribution in [0.1, 0.15) is 42.1 Å². The van der Waals surface area contributed by atoms with Crippen LogP contribution in [0.2, 0.25) is 0 Å². The number of nitrogens with zero attached hydrogens (tertiary/aromatic N) is 1. The maximum Gasteiger partial charge on any atom is 0.256 e. The first-order valence-corrected chi connectivity index (χ1v) is 10.0. The second kappa shape index (κ2) is 9.63. The summed E-state index contributed by atoms with van der Waals surface area (Å²) in [6.45, 7) is 2.76. The Labute approximate surface area is 169 Å². The van der Waals surface area contributed by atoms with Gasteiger partial charge >= 0.3 is 0 Å². The van der Waals surface area contributed by atoms with Gasteiger partial charge in [0.15, 0.2) is 0 Å². The van der Waals surface area contributed by atoms with Crippen LogP contribution in [0.25, 0.3) is 0 Å². The Bertz CT molecular complexity index is 849. The van der Waals surface area contributed by atoms with E-state index in [1.54, 1.807) is 0 Å². The number of benzene rings is 2. The van der Waals surface area contributed by atoms with Crippen molar-refractivity contribution in [1.82, 2.24) is 10.2 Å². The molecule has 0 aliphatic carbocycles. The minimum Gasteiger partial charge on any atom is -0.353 e. The van der Waals surface area contributed by atoms with E-state index in [1.165, 1.54) is 16.5 Å². The number of likely N-dealkylation sites (tertiary alicyclic amines) is 1. The summed E-state index contributed by atoms with van der Waals surface area (Å²) in [5.74, 6) is -2.18. The van der Waals surface area contributed by atoms with Crippen molar-refractivity contribution >= 4 is 11.8 Å². The number of hydrogen-bond donors (Lipinski definition) is 1. The van der Waals surface area contributed by atoms with Crippen LogP contribution in [0, 0.1) is 17.6 Å². The lowest BCUT2D eigenvalue weighted by Crippen LogP contribution is -2.45. The summed E-state index contributed by atoms with van der Waals surface area (Å²) >= 11 is 0. The molecule has 1 unspecified atom stereocenters. The molecule has 1 fully saturated rings. The van der Waals surface area contributed by atoms with Gasteiger partial charge in [-0.3, -0.25) is 9.59 Å². The standard InChI is InChI=1S/C23H26F2N2O2/c1-16(7-8-17-5-3-2-4-6-17)26-22(28)18-11-13-27(14-12-18)23(29)20-10-9-19(24)15-21(20)25/h2-6,9-10,15-16,18H,7-8,11-14H2,1H3,(H,26,28). The van der Waals surface area contributed by atoms with E-state index < -0.39 is 17.5 Å². The van der Waals surface area contributed by atoms with E-state index in [9.17, 15) is 18.4 Å². The number of halogens is 2. The maximum absolute atomic E-state index is 13.8. The van der Waals surface area contributed by atoms with Gasteiger partial charge in [0.1, 0.15) is 11.6 Å². The Morgan fingerprint density at radius 3 is 2.45 bits per heavy atom. The van der Waals surface area contributed by atoms with E-state index >= 15 is 0 Å². The molecule has 6 heteroatoms. The Kier molecular flexibility index (Phi) is 6.96. The Morgan fingerprint density at radius 1 is 1.10 bits per heavy atom. The van der Waals surface area contributed by atoms with Gasteiger partial charge in [-0.2, -0.15) is 0 Å². The average Bonchev–Trinajstić information content (AvgIpc) is 2.72. The van der Waals surface area contributed by atoms with Crippen LogP contribution in [0.4, 0.5) is 8.78 Å². The molecule has 1 aliphatic rings. The van der Waals surface area contributed by atoms with Crippen molar-refractivity contribution in [3.8, 4) is 0 Å². The Hall–Kier alpha value is -2.76. The normalized spacial score (nSPS) is 15.8. The number of rotatable bonds is 6. The molecule has 1 heterocycles. The topological polar surface area (TPSA) is 49.4 Å². The quantitative estimate of drug-likeness (QED) is 0.798. The van der Waals surface area contributed by atoms with Crippen LogP contribution in [0.5, 0.6) is 0 Å². The smallest absolute Gasteiger partial charge is 0.256 e. The number of aryl methyl sites for hydroxylation is 1. The van der Waals surface area contributed by atoms with Crippen molar-refractivity contribution in [3.05, 3.63) is 71.3 Å². The zero-order valence-corrected chi connectivity index (χ0v) is 16.5. The van der Waals surface area contributed by atoms with Crippen molar-refractivity contribution in [2.75, 3.05) is 13.1 Å². The lowest BCUT2D eigenvalue weighted by molar-refractivity contribution is -0.126. The summed E-state index contributed by atoms with van der Waals surface area (Å²) < 4.78 is 26.9. The summed E-state index contributed by atoms with van der Waals surface area (Å²) in [7, 11) is 0. The average molecular weight is 400 g/mol. The molecule has 2 aromatic rings. The summed E-state index contributed by atoms with van der Waals surface area (Å²) in [6.07, 6.45) is 2.83. The molecule has 0 radical (unpaired) electrons. The number of nitrogens with one attached hydrogen (secondary N) is 1. The highest BCUT2D eigenvalue weighted by molar-refractivity contribution is 5.94. The van der Waals surface area contributed by atoms with Crippen LogP contribution in [0.3, 0.4) is 0 Å². The molecule has 0 bridgehead atoms. The monoisotopic (exact) mass is 400 g/mol. The van der Waals surface area contributed by atoms with E-state index in [2.05, 4.69) is 17.4 Å². The summed E-state index contributed by atoms with van der Waals surface area (Å²) in [5.41, 5.74) is 1.11. The van der Waals surface area contributed by atoms with Gasteiger partial charge in [-0.1, -0.05) is 30.3 Å². The van der Waals surface area contributed by atoms with Crippen LogP contribution in [0.15, 0.2) is 48.5 Å². The fraction of sp³-hybridized carbons (Fsp3) is 0.391. The Balaban J connectivity index is 1.45. The first-order valence-electron chi connectivity index (χ1n) is 10.0. The zero-order chi connectivity index (χ0) is 20.8. The van der Waals surface area contributed by atoms with E-state index in [4.69, 9.17) is 0 Å². The molecule has 1 aliphatic heterocycles. The van der Waals surface area contributed by atoms with Gasteiger partial charge in [-0.25, -0.2) is 8.78 Å². The van der Waals surface area contributed by atoms with Crippen LogP contribution < -0.4 is 5.32 Å². The van der Waals surface area contributed by atoms with Gasteiger partial charge in [0.05, 0.1) is 5.56 Å². The van der Waals surface area contributed by atoms with Crippen molar-refractivity contribution in [2.24, 2.45) is 5.92 Å². The molecular formula is C23H26F2N2O2. The van der Waals surface area contributed by atoms with Crippen LogP contribution >= 0.6 is 0 Å². The third kappa shape index (κ3) is 5.62. The first-order chi connectivity index (χ1) is 13.9. The fourth-order valence-corrected chi connectivity index (χ4v) is 3.64. The van der Waals surface area contributed by atoms with Crippen LogP contribution in [-0.2, 0) is 11.2 Å². The highest BCUT2D eigenvalue weighted by Crippen LogP contribution is 2.21.